The van der Waals surface area contributed by atoms with E-state index in [0.29, 0.717) is 23.1 Å². The molecule has 30 heavy (non-hydrogen) atoms. The van der Waals surface area contributed by atoms with Crippen LogP contribution in [0.3, 0.4) is 0 Å². The Balaban J connectivity index is 1.58. The summed E-state index contributed by atoms with van der Waals surface area (Å²) in [6.45, 7) is 10.4. The molecule has 9 heteroatoms. The van der Waals surface area contributed by atoms with Gasteiger partial charge < -0.3 is 19.7 Å². The molecule has 0 atom stereocenters. The molecular formula is C21H31Cl2N3O4. The number of piperazine rings is 1. The summed E-state index contributed by atoms with van der Waals surface area (Å²) < 4.78 is 10.6. The van der Waals surface area contributed by atoms with Gasteiger partial charge in [0.15, 0.2) is 0 Å². The van der Waals surface area contributed by atoms with Gasteiger partial charge >= 0.3 is 12.1 Å². The maximum Gasteiger partial charge on any atom is 0.410 e. The number of hydrogen-bond donors (Lipinski definition) is 1. The van der Waals surface area contributed by atoms with Crippen molar-refractivity contribution in [3.8, 4) is 0 Å². The third kappa shape index (κ3) is 9.51. The van der Waals surface area contributed by atoms with Gasteiger partial charge in [-0.05, 0) is 64.0 Å². The van der Waals surface area contributed by atoms with Crippen LogP contribution in [0.25, 0.3) is 0 Å². The van der Waals surface area contributed by atoms with Gasteiger partial charge in [0.1, 0.15) is 12.2 Å². The Kier molecular flexibility index (Phi) is 9.68. The normalized spacial score (nSPS) is 15.2. The van der Waals surface area contributed by atoms with Gasteiger partial charge in [-0.2, -0.15) is 0 Å². The van der Waals surface area contributed by atoms with Crippen LogP contribution in [0.2, 0.25) is 10.0 Å². The molecule has 0 saturated carbocycles. The van der Waals surface area contributed by atoms with E-state index in [1.807, 2.05) is 20.8 Å². The number of rotatable bonds is 8. The summed E-state index contributed by atoms with van der Waals surface area (Å²) in [6.07, 6.45) is 0.591. The topological polar surface area (TPSA) is 71.1 Å². The highest BCUT2D eigenvalue weighted by Gasteiger charge is 2.22. The van der Waals surface area contributed by atoms with Gasteiger partial charge in [-0.1, -0.05) is 23.2 Å². The van der Waals surface area contributed by atoms with Crippen molar-refractivity contribution in [3.63, 3.8) is 0 Å². The molecular weight excluding hydrogens is 429 g/mol. The van der Waals surface area contributed by atoms with E-state index in [2.05, 4.69) is 10.2 Å². The molecule has 0 aliphatic carbocycles. The highest BCUT2D eigenvalue weighted by atomic mass is 35.5. The van der Waals surface area contributed by atoms with E-state index in [1.54, 1.807) is 23.1 Å². The lowest BCUT2D eigenvalue weighted by Gasteiger charge is -2.34. The first kappa shape index (κ1) is 24.7. The minimum absolute atomic E-state index is 0.142. The molecule has 7 nitrogen and oxygen atoms in total. The smallest absolute Gasteiger partial charge is 0.410 e. The molecule has 0 radical (unpaired) electrons. The Hall–Kier alpha value is -1.54. The number of carbonyl (C=O) groups excluding carboxylic acids is 2. The Morgan fingerprint density at radius 2 is 1.70 bits per heavy atom. The maximum atomic E-state index is 12.3. The summed E-state index contributed by atoms with van der Waals surface area (Å²) in [4.78, 5) is 27.9. The molecule has 1 heterocycles. The van der Waals surface area contributed by atoms with Crippen molar-refractivity contribution in [1.29, 1.82) is 0 Å². The van der Waals surface area contributed by atoms with Crippen LogP contribution in [0.4, 0.5) is 4.79 Å². The Morgan fingerprint density at radius 1 is 1.07 bits per heavy atom. The van der Waals surface area contributed by atoms with Gasteiger partial charge in [0.25, 0.3) is 0 Å². The molecule has 2 rings (SSSR count). The minimum atomic E-state index is -0.458. The molecule has 0 spiro atoms. The zero-order valence-corrected chi connectivity index (χ0v) is 19.4. The van der Waals surface area contributed by atoms with Crippen LogP contribution in [0.5, 0.6) is 0 Å². The lowest BCUT2D eigenvalue weighted by molar-refractivity contribution is -0.153. The average Bonchev–Trinajstić information content (AvgIpc) is 2.64. The zero-order chi connectivity index (χ0) is 22.1. The van der Waals surface area contributed by atoms with E-state index >= 15 is 0 Å². The number of hydrogen-bond acceptors (Lipinski definition) is 6. The van der Waals surface area contributed by atoms with Crippen LogP contribution in [-0.4, -0.2) is 73.3 Å². The fourth-order valence-electron chi connectivity index (χ4n) is 3.08. The predicted octanol–water partition coefficient (Wildman–Crippen LogP) is 3.57. The molecule has 1 aromatic carbocycles. The number of esters is 1. The van der Waals surface area contributed by atoms with Crippen LogP contribution in [-0.2, 0) is 20.9 Å². The predicted molar refractivity (Wildman–Crippen MR) is 118 cm³/mol. The summed E-state index contributed by atoms with van der Waals surface area (Å²) >= 11 is 11.9. The minimum Gasteiger partial charge on any atom is -0.459 e. The summed E-state index contributed by atoms with van der Waals surface area (Å²) in [5.74, 6) is -0.241. The van der Waals surface area contributed by atoms with Crippen LogP contribution < -0.4 is 5.32 Å². The van der Waals surface area contributed by atoms with Gasteiger partial charge in [-0.3, -0.25) is 9.69 Å². The summed E-state index contributed by atoms with van der Waals surface area (Å²) in [6, 6.07) is 5.10. The van der Waals surface area contributed by atoms with Gasteiger partial charge in [-0.15, -0.1) is 0 Å². The Bertz CT molecular complexity index is 696. The zero-order valence-electron chi connectivity index (χ0n) is 17.9. The number of nitrogens with one attached hydrogen (secondary N) is 1. The number of halogens is 2. The van der Waals surface area contributed by atoms with E-state index in [4.69, 9.17) is 32.7 Å². The molecule has 0 unspecified atom stereocenters. The van der Waals surface area contributed by atoms with Gasteiger partial charge in [-0.25, -0.2) is 4.79 Å². The Morgan fingerprint density at radius 3 is 2.30 bits per heavy atom. The van der Waals surface area contributed by atoms with Crippen molar-refractivity contribution < 1.29 is 19.1 Å². The van der Waals surface area contributed by atoms with Crippen molar-refractivity contribution in [1.82, 2.24) is 15.1 Å². The molecule has 1 N–H and O–H groups in total. The molecule has 1 fully saturated rings. The van der Waals surface area contributed by atoms with E-state index in [0.717, 1.165) is 38.2 Å². The highest BCUT2D eigenvalue weighted by molar-refractivity contribution is 6.34. The van der Waals surface area contributed by atoms with E-state index in [9.17, 15) is 9.59 Å². The summed E-state index contributed by atoms with van der Waals surface area (Å²) in [5.41, 5.74) is 0.305. The molecule has 1 aromatic rings. The second-order valence-electron chi connectivity index (χ2n) is 8.28. The number of ether oxygens (including phenoxy) is 2. The average molecular weight is 460 g/mol. The van der Waals surface area contributed by atoms with E-state index < -0.39 is 5.60 Å². The van der Waals surface area contributed by atoms with Crippen molar-refractivity contribution in [2.45, 2.75) is 39.4 Å². The van der Waals surface area contributed by atoms with Crippen LogP contribution in [0.15, 0.2) is 18.2 Å². The number of nitrogens with zero attached hydrogens (tertiary/aromatic N) is 2. The molecule has 1 aliphatic heterocycles. The first-order chi connectivity index (χ1) is 14.1. The third-order valence-electron chi connectivity index (χ3n) is 4.43. The third-order valence-corrected chi connectivity index (χ3v) is 4.87. The second-order valence-corrected chi connectivity index (χ2v) is 9.15. The second kappa shape index (κ2) is 11.7. The van der Waals surface area contributed by atoms with Crippen molar-refractivity contribution in [3.05, 3.63) is 33.8 Å². The van der Waals surface area contributed by atoms with Crippen LogP contribution >= 0.6 is 23.2 Å². The largest absolute Gasteiger partial charge is 0.459 e. The first-order valence-corrected chi connectivity index (χ1v) is 10.9. The molecule has 0 aromatic heterocycles. The maximum absolute atomic E-state index is 12.3. The highest BCUT2D eigenvalue weighted by Crippen LogP contribution is 2.20. The van der Waals surface area contributed by atoms with Crippen molar-refractivity contribution in [2.75, 3.05) is 45.8 Å². The fourth-order valence-corrected chi connectivity index (χ4v) is 3.65. The Labute approximate surface area is 188 Å². The summed E-state index contributed by atoms with van der Waals surface area (Å²) in [5, 5.41) is 4.14. The molecule has 1 aliphatic rings. The standard InChI is InChI=1S/C21H31Cl2N3O4/c1-21(2,3)30-19(27)14-24-5-4-6-25-7-9-26(10-8-25)20(28)29-15-16-11-17(22)13-18(23)12-16/h11-13,24H,4-10,14-15H2,1-3H3. The van der Waals surface area contributed by atoms with E-state index in [-0.39, 0.29) is 25.2 Å². The van der Waals surface area contributed by atoms with Gasteiger partial charge in [0.05, 0.1) is 6.54 Å². The van der Waals surface area contributed by atoms with E-state index in [1.165, 1.54) is 0 Å². The lowest BCUT2D eigenvalue weighted by Crippen LogP contribution is -2.49. The van der Waals surface area contributed by atoms with Crippen molar-refractivity contribution >= 4 is 35.3 Å². The lowest BCUT2D eigenvalue weighted by atomic mass is 10.2. The van der Waals surface area contributed by atoms with Gasteiger partial charge in [0.2, 0.25) is 0 Å². The number of carbonyl (C=O) groups is 2. The molecule has 1 amide bonds. The summed E-state index contributed by atoms with van der Waals surface area (Å²) in [7, 11) is 0. The van der Waals surface area contributed by atoms with Gasteiger partial charge in [0, 0.05) is 36.2 Å². The monoisotopic (exact) mass is 459 g/mol. The van der Waals surface area contributed by atoms with Crippen molar-refractivity contribution in [2.24, 2.45) is 0 Å². The molecule has 168 valence electrons. The molecule has 1 saturated heterocycles. The first-order valence-electron chi connectivity index (χ1n) is 10.1. The SMILES string of the molecule is CC(C)(C)OC(=O)CNCCCN1CCN(C(=O)OCc2cc(Cl)cc(Cl)c2)CC1. The number of benzene rings is 1. The number of amides is 1. The van der Waals surface area contributed by atoms with Crippen LogP contribution in [0.1, 0.15) is 32.8 Å². The molecule has 0 bridgehead atoms. The fraction of sp³-hybridized carbons (Fsp3) is 0.619. The quantitative estimate of drug-likeness (QED) is 0.473. The van der Waals surface area contributed by atoms with Crippen LogP contribution in [0, 0.1) is 0 Å².